The predicted molar refractivity (Wildman–Crippen MR) is 64.3 cm³/mol. The summed E-state index contributed by atoms with van der Waals surface area (Å²) >= 11 is 5.90. The third-order valence-electron chi connectivity index (χ3n) is 2.44. The van der Waals surface area contributed by atoms with Gasteiger partial charge in [-0.2, -0.15) is 0 Å². The zero-order chi connectivity index (χ0) is 11.7. The van der Waals surface area contributed by atoms with E-state index in [9.17, 15) is 0 Å². The van der Waals surface area contributed by atoms with Crippen LogP contribution < -0.4 is 5.73 Å². The Balaban J connectivity index is 2.42. The van der Waals surface area contributed by atoms with E-state index in [1.54, 1.807) is 0 Å². The summed E-state index contributed by atoms with van der Waals surface area (Å²) in [5.74, 6) is 0.685. The lowest BCUT2D eigenvalue weighted by molar-refractivity contribution is 0.369. The lowest BCUT2D eigenvalue weighted by Gasteiger charge is -2.01. The molecule has 1 aromatic heterocycles. The van der Waals surface area contributed by atoms with Crippen molar-refractivity contribution in [2.24, 2.45) is 5.73 Å². The summed E-state index contributed by atoms with van der Waals surface area (Å²) in [5.41, 5.74) is 8.59. The Kier molecular flexibility index (Phi) is 2.99. The van der Waals surface area contributed by atoms with Crippen molar-refractivity contribution >= 4 is 11.6 Å². The molecule has 2 aromatic rings. The molecule has 0 amide bonds. The highest BCUT2D eigenvalue weighted by atomic mass is 35.5. The first-order chi connectivity index (χ1) is 7.58. The number of rotatable bonds is 2. The first-order valence-corrected chi connectivity index (χ1v) is 5.44. The SMILES string of the molecule is Cc1cc(Cl)ccc1-c1cc(C(C)N)on1. The van der Waals surface area contributed by atoms with Crippen LogP contribution in [0.5, 0.6) is 0 Å². The largest absolute Gasteiger partial charge is 0.359 e. The number of nitrogens with zero attached hydrogens (tertiary/aromatic N) is 1. The number of nitrogens with two attached hydrogens (primary N) is 1. The van der Waals surface area contributed by atoms with Gasteiger partial charge in [0.1, 0.15) is 5.69 Å². The van der Waals surface area contributed by atoms with Crippen molar-refractivity contribution < 1.29 is 4.52 Å². The van der Waals surface area contributed by atoms with Gasteiger partial charge in [-0.1, -0.05) is 22.8 Å². The van der Waals surface area contributed by atoms with Gasteiger partial charge in [-0.05, 0) is 31.5 Å². The summed E-state index contributed by atoms with van der Waals surface area (Å²) in [4.78, 5) is 0. The van der Waals surface area contributed by atoms with E-state index in [1.807, 2.05) is 38.1 Å². The molecule has 0 saturated heterocycles. The molecular weight excluding hydrogens is 224 g/mol. The smallest absolute Gasteiger partial charge is 0.153 e. The molecule has 2 rings (SSSR count). The number of hydrogen-bond acceptors (Lipinski definition) is 3. The molecule has 0 saturated carbocycles. The highest BCUT2D eigenvalue weighted by molar-refractivity contribution is 6.30. The summed E-state index contributed by atoms with van der Waals surface area (Å²) in [5, 5.41) is 4.72. The maximum atomic E-state index is 5.90. The van der Waals surface area contributed by atoms with Gasteiger partial charge in [-0.25, -0.2) is 0 Å². The van der Waals surface area contributed by atoms with Crippen LogP contribution in [0.3, 0.4) is 0 Å². The van der Waals surface area contributed by atoms with Crippen molar-refractivity contribution in [3.05, 3.63) is 40.6 Å². The van der Waals surface area contributed by atoms with Crippen molar-refractivity contribution in [1.82, 2.24) is 5.16 Å². The normalized spacial score (nSPS) is 12.8. The Labute approximate surface area is 99.2 Å². The molecule has 0 fully saturated rings. The van der Waals surface area contributed by atoms with Crippen molar-refractivity contribution in [2.45, 2.75) is 19.9 Å². The lowest BCUT2D eigenvalue weighted by atomic mass is 10.1. The van der Waals surface area contributed by atoms with Gasteiger partial charge in [0, 0.05) is 16.7 Å². The average Bonchev–Trinajstić information content (AvgIpc) is 2.66. The second kappa shape index (κ2) is 4.28. The summed E-state index contributed by atoms with van der Waals surface area (Å²) in [6.07, 6.45) is 0. The molecule has 0 aliphatic carbocycles. The van der Waals surface area contributed by atoms with Gasteiger partial charge in [-0.3, -0.25) is 0 Å². The fourth-order valence-electron chi connectivity index (χ4n) is 1.55. The first-order valence-electron chi connectivity index (χ1n) is 5.06. The zero-order valence-electron chi connectivity index (χ0n) is 9.20. The van der Waals surface area contributed by atoms with E-state index in [-0.39, 0.29) is 6.04 Å². The molecule has 1 atom stereocenters. The number of aromatic nitrogens is 1. The van der Waals surface area contributed by atoms with Crippen LogP contribution in [0.2, 0.25) is 5.02 Å². The van der Waals surface area contributed by atoms with Crippen molar-refractivity contribution in [2.75, 3.05) is 0 Å². The number of benzene rings is 1. The molecule has 1 unspecified atom stereocenters. The van der Waals surface area contributed by atoms with Gasteiger partial charge < -0.3 is 10.3 Å². The molecule has 0 aliphatic heterocycles. The maximum absolute atomic E-state index is 5.90. The van der Waals surface area contributed by atoms with E-state index in [1.165, 1.54) is 0 Å². The molecule has 16 heavy (non-hydrogen) atoms. The Hall–Kier alpha value is -1.32. The van der Waals surface area contributed by atoms with Crippen LogP contribution in [0, 0.1) is 6.92 Å². The summed E-state index contributed by atoms with van der Waals surface area (Å²) in [6.45, 7) is 3.85. The van der Waals surface area contributed by atoms with Gasteiger partial charge in [0.2, 0.25) is 0 Å². The minimum atomic E-state index is -0.145. The van der Waals surface area contributed by atoms with Gasteiger partial charge in [0.25, 0.3) is 0 Å². The molecule has 0 radical (unpaired) electrons. The van der Waals surface area contributed by atoms with Gasteiger partial charge in [-0.15, -0.1) is 0 Å². The molecule has 0 aliphatic rings. The molecule has 0 spiro atoms. The second-order valence-electron chi connectivity index (χ2n) is 3.86. The monoisotopic (exact) mass is 236 g/mol. The zero-order valence-corrected chi connectivity index (χ0v) is 9.95. The Bertz CT molecular complexity index is 505. The van der Waals surface area contributed by atoms with E-state index < -0.39 is 0 Å². The maximum Gasteiger partial charge on any atom is 0.153 e. The topological polar surface area (TPSA) is 52.0 Å². The molecule has 0 bridgehead atoms. The number of halogens is 1. The van der Waals surface area contributed by atoms with Crippen LogP contribution in [0.25, 0.3) is 11.3 Å². The van der Waals surface area contributed by atoms with Crippen LogP contribution in [0.1, 0.15) is 24.3 Å². The number of aryl methyl sites for hydroxylation is 1. The second-order valence-corrected chi connectivity index (χ2v) is 4.30. The van der Waals surface area contributed by atoms with E-state index in [2.05, 4.69) is 5.16 Å². The molecule has 84 valence electrons. The van der Waals surface area contributed by atoms with Gasteiger partial charge in [0.05, 0.1) is 6.04 Å². The minimum Gasteiger partial charge on any atom is -0.359 e. The molecule has 3 nitrogen and oxygen atoms in total. The van der Waals surface area contributed by atoms with Crippen LogP contribution >= 0.6 is 11.6 Å². The third kappa shape index (κ3) is 2.10. The van der Waals surface area contributed by atoms with E-state index in [0.717, 1.165) is 21.8 Å². The molecule has 1 heterocycles. The fraction of sp³-hybridized carbons (Fsp3) is 0.250. The average molecular weight is 237 g/mol. The minimum absolute atomic E-state index is 0.145. The van der Waals surface area contributed by atoms with Crippen LogP contribution in [0.15, 0.2) is 28.8 Å². The summed E-state index contributed by atoms with van der Waals surface area (Å²) in [6, 6.07) is 7.39. The fourth-order valence-corrected chi connectivity index (χ4v) is 1.77. The van der Waals surface area contributed by atoms with Crippen molar-refractivity contribution in [3.63, 3.8) is 0 Å². The van der Waals surface area contributed by atoms with E-state index in [4.69, 9.17) is 21.9 Å². The Morgan fingerprint density at radius 2 is 2.12 bits per heavy atom. The quantitative estimate of drug-likeness (QED) is 0.870. The van der Waals surface area contributed by atoms with Crippen molar-refractivity contribution in [3.8, 4) is 11.3 Å². The summed E-state index contributed by atoms with van der Waals surface area (Å²) in [7, 11) is 0. The standard InChI is InChI=1S/C12H13ClN2O/c1-7-5-9(13)3-4-10(7)11-6-12(8(2)14)16-15-11/h3-6,8H,14H2,1-2H3. The van der Waals surface area contributed by atoms with E-state index in [0.29, 0.717) is 5.76 Å². The Morgan fingerprint density at radius 3 is 2.69 bits per heavy atom. The molecule has 1 aromatic carbocycles. The van der Waals surface area contributed by atoms with Crippen LogP contribution in [-0.4, -0.2) is 5.16 Å². The van der Waals surface area contributed by atoms with Gasteiger partial charge in [0.15, 0.2) is 5.76 Å². The lowest BCUT2D eigenvalue weighted by Crippen LogP contribution is -2.02. The highest BCUT2D eigenvalue weighted by Crippen LogP contribution is 2.26. The summed E-state index contributed by atoms with van der Waals surface area (Å²) < 4.78 is 5.16. The van der Waals surface area contributed by atoms with E-state index >= 15 is 0 Å². The number of hydrogen-bond donors (Lipinski definition) is 1. The Morgan fingerprint density at radius 1 is 1.38 bits per heavy atom. The van der Waals surface area contributed by atoms with Crippen LogP contribution in [0.4, 0.5) is 0 Å². The molecule has 2 N–H and O–H groups in total. The predicted octanol–water partition coefficient (Wildman–Crippen LogP) is 3.32. The molecule has 4 heteroatoms. The highest BCUT2D eigenvalue weighted by Gasteiger charge is 2.11. The van der Waals surface area contributed by atoms with Gasteiger partial charge >= 0.3 is 0 Å². The third-order valence-corrected chi connectivity index (χ3v) is 2.68. The van der Waals surface area contributed by atoms with Crippen molar-refractivity contribution in [1.29, 1.82) is 0 Å². The first kappa shape index (κ1) is 11.2. The van der Waals surface area contributed by atoms with Crippen LogP contribution in [-0.2, 0) is 0 Å². The molecular formula is C12H13ClN2O.